The largest absolute Gasteiger partial charge is 0.310 e. The topological polar surface area (TPSA) is 45.2 Å². The molecule has 0 saturated carbocycles. The maximum Gasteiger partial charge on any atom is 0.239 e. The van der Waals surface area contributed by atoms with Crippen molar-refractivity contribution in [3.05, 3.63) is 46.3 Å². The molecule has 4 nitrogen and oxygen atoms in total. The third-order valence-electron chi connectivity index (χ3n) is 2.60. The fraction of sp³-hybridized carbons (Fsp3) is 0.286. The molecule has 0 aliphatic carbocycles. The van der Waals surface area contributed by atoms with Crippen LogP contribution in [0.3, 0.4) is 0 Å². The Hall–Kier alpha value is -1.72. The van der Waals surface area contributed by atoms with Crippen molar-refractivity contribution in [3.63, 3.8) is 0 Å². The van der Waals surface area contributed by atoms with E-state index >= 15 is 0 Å². The molecule has 0 aliphatic heterocycles. The summed E-state index contributed by atoms with van der Waals surface area (Å²) in [4.78, 5) is 19.2. The molecule has 2 aromatic rings. The molecule has 2 rings (SSSR count). The van der Waals surface area contributed by atoms with Crippen LogP contribution in [0.5, 0.6) is 0 Å². The fourth-order valence-electron chi connectivity index (χ4n) is 1.76. The molecule has 0 aromatic carbocycles. The Balaban J connectivity index is 1.84. The molecule has 0 atom stereocenters. The molecule has 100 valence electrons. The van der Waals surface area contributed by atoms with Gasteiger partial charge in [-0.25, -0.2) is 4.98 Å². The van der Waals surface area contributed by atoms with Crippen LogP contribution in [-0.2, 0) is 11.3 Å². The summed E-state index contributed by atoms with van der Waals surface area (Å²) in [5, 5.41) is 4.85. The summed E-state index contributed by atoms with van der Waals surface area (Å²) in [6, 6.07) is 7.85. The molecular formula is C14H17N3OS. The third kappa shape index (κ3) is 4.46. The number of carbonyl (C=O) groups is 1. The predicted octanol–water partition coefficient (Wildman–Crippen LogP) is 2.52. The first kappa shape index (κ1) is 13.7. The Kier molecular flexibility index (Phi) is 4.65. The average Bonchev–Trinajstić information content (AvgIpc) is 2.81. The van der Waals surface area contributed by atoms with E-state index in [2.05, 4.69) is 16.4 Å². The summed E-state index contributed by atoms with van der Waals surface area (Å²) in [6.07, 6.45) is 1.69. The van der Waals surface area contributed by atoms with E-state index < -0.39 is 0 Å². The van der Waals surface area contributed by atoms with Crippen LogP contribution < -0.4 is 5.32 Å². The fourth-order valence-corrected chi connectivity index (χ4v) is 2.54. The predicted molar refractivity (Wildman–Crippen MR) is 78.3 cm³/mol. The van der Waals surface area contributed by atoms with Gasteiger partial charge in [-0.15, -0.1) is 11.3 Å². The summed E-state index contributed by atoms with van der Waals surface area (Å²) in [7, 11) is 1.93. The number of rotatable bonds is 5. The van der Waals surface area contributed by atoms with Gasteiger partial charge in [0.1, 0.15) is 5.82 Å². The first-order chi connectivity index (χ1) is 9.13. The Morgan fingerprint density at radius 3 is 3.00 bits per heavy atom. The lowest BCUT2D eigenvalue weighted by molar-refractivity contribution is -0.117. The lowest BCUT2D eigenvalue weighted by Crippen LogP contribution is -2.29. The minimum atomic E-state index is -0.0443. The number of aromatic nitrogens is 1. The van der Waals surface area contributed by atoms with E-state index in [-0.39, 0.29) is 5.91 Å². The first-order valence-electron chi connectivity index (χ1n) is 6.07. The van der Waals surface area contributed by atoms with Crippen LogP contribution in [0, 0.1) is 6.92 Å². The zero-order valence-corrected chi connectivity index (χ0v) is 11.9. The molecule has 0 fully saturated rings. The number of aryl methyl sites for hydroxylation is 1. The smallest absolute Gasteiger partial charge is 0.239 e. The lowest BCUT2D eigenvalue weighted by Gasteiger charge is -2.15. The number of hydrogen-bond acceptors (Lipinski definition) is 4. The average molecular weight is 275 g/mol. The maximum absolute atomic E-state index is 11.9. The molecule has 0 bridgehead atoms. The highest BCUT2D eigenvalue weighted by Gasteiger charge is 2.08. The van der Waals surface area contributed by atoms with Gasteiger partial charge in [-0.1, -0.05) is 6.07 Å². The van der Waals surface area contributed by atoms with Gasteiger partial charge < -0.3 is 5.32 Å². The number of anilines is 1. The molecule has 0 saturated heterocycles. The van der Waals surface area contributed by atoms with Crippen molar-refractivity contribution in [1.82, 2.24) is 9.88 Å². The van der Waals surface area contributed by atoms with Crippen LogP contribution in [0.1, 0.15) is 10.4 Å². The molecule has 2 heterocycles. The molecule has 1 N–H and O–H groups in total. The highest BCUT2D eigenvalue weighted by Crippen LogP contribution is 2.11. The van der Waals surface area contributed by atoms with E-state index in [1.165, 1.54) is 4.88 Å². The molecule has 5 heteroatoms. The second-order valence-electron chi connectivity index (χ2n) is 4.52. The summed E-state index contributed by atoms with van der Waals surface area (Å²) >= 11 is 1.70. The van der Waals surface area contributed by atoms with Gasteiger partial charge in [-0.05, 0) is 43.1 Å². The van der Waals surface area contributed by atoms with Gasteiger partial charge in [0.25, 0.3) is 0 Å². The van der Waals surface area contributed by atoms with Gasteiger partial charge in [-0.2, -0.15) is 0 Å². The van der Waals surface area contributed by atoms with Crippen molar-refractivity contribution in [2.24, 2.45) is 0 Å². The Labute approximate surface area is 117 Å². The number of likely N-dealkylation sites (N-methyl/N-ethyl adjacent to an activating group) is 1. The number of nitrogens with one attached hydrogen (secondary N) is 1. The Morgan fingerprint density at radius 1 is 1.47 bits per heavy atom. The first-order valence-corrected chi connectivity index (χ1v) is 6.95. The van der Waals surface area contributed by atoms with Gasteiger partial charge >= 0.3 is 0 Å². The monoisotopic (exact) mass is 275 g/mol. The van der Waals surface area contributed by atoms with Crippen molar-refractivity contribution < 1.29 is 4.79 Å². The quantitative estimate of drug-likeness (QED) is 0.912. The van der Waals surface area contributed by atoms with Crippen LogP contribution >= 0.6 is 11.3 Å². The zero-order chi connectivity index (χ0) is 13.7. The number of amides is 1. The zero-order valence-electron chi connectivity index (χ0n) is 11.1. The van der Waals surface area contributed by atoms with Crippen molar-refractivity contribution >= 4 is 23.1 Å². The second kappa shape index (κ2) is 6.45. The van der Waals surface area contributed by atoms with Crippen LogP contribution in [0.25, 0.3) is 0 Å². The van der Waals surface area contributed by atoms with Crippen LogP contribution in [0.2, 0.25) is 0 Å². The van der Waals surface area contributed by atoms with Crippen LogP contribution in [0.4, 0.5) is 5.82 Å². The number of pyridine rings is 1. The van der Waals surface area contributed by atoms with E-state index in [1.807, 2.05) is 42.5 Å². The molecule has 2 aromatic heterocycles. The second-order valence-corrected chi connectivity index (χ2v) is 5.55. The Bertz CT molecular complexity index is 539. The minimum absolute atomic E-state index is 0.0443. The molecule has 0 spiro atoms. The van der Waals surface area contributed by atoms with Gasteiger partial charge in [0, 0.05) is 17.6 Å². The summed E-state index contributed by atoms with van der Waals surface area (Å²) in [6.45, 7) is 3.11. The van der Waals surface area contributed by atoms with Gasteiger partial charge in [-0.3, -0.25) is 9.69 Å². The van der Waals surface area contributed by atoms with Crippen molar-refractivity contribution in [2.45, 2.75) is 13.5 Å². The molecule has 0 unspecified atom stereocenters. The molecule has 1 amide bonds. The normalized spacial score (nSPS) is 10.7. The third-order valence-corrected chi connectivity index (χ3v) is 3.46. The van der Waals surface area contributed by atoms with Crippen molar-refractivity contribution in [3.8, 4) is 0 Å². The summed E-state index contributed by atoms with van der Waals surface area (Å²) < 4.78 is 0. The number of thiophene rings is 1. The van der Waals surface area contributed by atoms with Crippen molar-refractivity contribution in [2.75, 3.05) is 18.9 Å². The van der Waals surface area contributed by atoms with E-state index in [0.29, 0.717) is 12.4 Å². The van der Waals surface area contributed by atoms with Gasteiger partial charge in [0.05, 0.1) is 6.54 Å². The van der Waals surface area contributed by atoms with E-state index in [1.54, 1.807) is 17.5 Å². The van der Waals surface area contributed by atoms with E-state index in [9.17, 15) is 4.79 Å². The number of carbonyl (C=O) groups excluding carboxylic acids is 1. The summed E-state index contributed by atoms with van der Waals surface area (Å²) in [5.74, 6) is 0.562. The Morgan fingerprint density at radius 2 is 2.32 bits per heavy atom. The molecule has 19 heavy (non-hydrogen) atoms. The lowest BCUT2D eigenvalue weighted by atomic mass is 10.3. The number of nitrogens with zero attached hydrogens (tertiary/aromatic N) is 2. The maximum atomic E-state index is 11.9. The summed E-state index contributed by atoms with van der Waals surface area (Å²) in [5.41, 5.74) is 1.08. The van der Waals surface area contributed by atoms with Crippen LogP contribution in [0.15, 0.2) is 35.8 Å². The molecule has 0 aliphatic rings. The number of hydrogen-bond donors (Lipinski definition) is 1. The standard InChI is InChI=1S/C14H17N3OS/c1-11-5-6-15-13(8-11)16-14(18)10-17(2)9-12-4-3-7-19-12/h3-8H,9-10H2,1-2H3,(H,15,16,18). The van der Waals surface area contributed by atoms with Gasteiger partial charge in [0.2, 0.25) is 5.91 Å². The van der Waals surface area contributed by atoms with E-state index in [0.717, 1.165) is 12.1 Å². The highest BCUT2D eigenvalue weighted by atomic mass is 32.1. The minimum Gasteiger partial charge on any atom is -0.310 e. The molecular weight excluding hydrogens is 258 g/mol. The highest BCUT2D eigenvalue weighted by molar-refractivity contribution is 7.09. The van der Waals surface area contributed by atoms with Gasteiger partial charge in [0.15, 0.2) is 0 Å². The van der Waals surface area contributed by atoms with Crippen molar-refractivity contribution in [1.29, 1.82) is 0 Å². The SMILES string of the molecule is Cc1ccnc(NC(=O)CN(C)Cc2cccs2)c1. The molecule has 0 radical (unpaired) electrons. The van der Waals surface area contributed by atoms with E-state index in [4.69, 9.17) is 0 Å². The van der Waals surface area contributed by atoms with Crippen LogP contribution in [-0.4, -0.2) is 29.4 Å².